The van der Waals surface area contributed by atoms with Gasteiger partial charge >= 0.3 is 202 Å². The van der Waals surface area contributed by atoms with E-state index in [1.54, 1.807) is 11.1 Å². The van der Waals surface area contributed by atoms with Crippen LogP contribution in [0.1, 0.15) is 69.1 Å². The first-order valence-corrected chi connectivity index (χ1v) is 16.8. The summed E-state index contributed by atoms with van der Waals surface area (Å²) in [6, 6.07) is 13.7. The maximum absolute atomic E-state index is 2.52. The van der Waals surface area contributed by atoms with Crippen LogP contribution in [0.15, 0.2) is 81.8 Å². The van der Waals surface area contributed by atoms with E-state index in [0.717, 1.165) is 25.9 Å². The molecular formula is C34H39N2SSe+. The monoisotopic (exact) mass is 587 g/mol. The van der Waals surface area contributed by atoms with Crippen LogP contribution < -0.4 is 9.47 Å². The van der Waals surface area contributed by atoms with Crippen LogP contribution in [0.25, 0.3) is 15.9 Å². The topological polar surface area (TPSA) is 7.12 Å². The van der Waals surface area contributed by atoms with E-state index in [-0.39, 0.29) is 5.41 Å². The fourth-order valence-electron chi connectivity index (χ4n) is 6.44. The van der Waals surface area contributed by atoms with Crippen molar-refractivity contribution in [2.24, 2.45) is 5.41 Å². The fourth-order valence-corrected chi connectivity index (χ4v) is 10.3. The molecule has 6 rings (SSSR count). The third-order valence-electron chi connectivity index (χ3n) is 8.09. The standard InChI is InChI=1S/C34H39N2SSe/c1-5-35-29-19-18-26-13-7-8-14-27(26)33(29)37-31(35)17-11-12-24-20-25(23-34(3,4)22-24)21-32-36(6-2)28-15-9-10-16-30(28)38-32/h9-12,15-21H,5-8,13-14,22-23H2,1-4H3/q+1. The Bertz CT molecular complexity index is 1500. The number of hydrogen-bond acceptors (Lipinski definition) is 2. The fraction of sp³-hybridized carbons (Fsp3) is 0.382. The smallest absolute Gasteiger partial charge is 0.0566 e. The van der Waals surface area contributed by atoms with Gasteiger partial charge in [0.05, 0.1) is 0 Å². The molecule has 0 unspecified atom stereocenters. The van der Waals surface area contributed by atoms with Crippen LogP contribution in [0.5, 0.6) is 0 Å². The number of thioether (sulfide) groups is 1. The zero-order valence-electron chi connectivity index (χ0n) is 23.2. The van der Waals surface area contributed by atoms with Crippen molar-refractivity contribution in [3.63, 3.8) is 0 Å². The van der Waals surface area contributed by atoms with Gasteiger partial charge < -0.3 is 0 Å². The number of hydrogen-bond donors (Lipinski definition) is 0. The summed E-state index contributed by atoms with van der Waals surface area (Å²) in [6.07, 6.45) is 19.4. The molecular weight excluding hydrogens is 547 g/mol. The average Bonchev–Trinajstić information content (AvgIpc) is 3.44. The van der Waals surface area contributed by atoms with Crippen LogP contribution in [0, 0.1) is 5.41 Å². The van der Waals surface area contributed by atoms with E-state index in [2.05, 4.69) is 104 Å². The molecule has 0 saturated heterocycles. The number of nitrogens with zero attached hydrogens (tertiary/aromatic N) is 2. The van der Waals surface area contributed by atoms with E-state index in [1.807, 2.05) is 11.8 Å². The van der Waals surface area contributed by atoms with Crippen molar-refractivity contribution in [1.82, 2.24) is 0 Å². The van der Waals surface area contributed by atoms with Crippen molar-refractivity contribution in [1.29, 1.82) is 0 Å². The SMILES string of the molecule is CCN1C(=CC=CC2=CC(=Cc3[se]c4ccccc4[n+]3CC)CC(C)(C)C2)Sc2c1ccc1c2CCCC1. The summed E-state index contributed by atoms with van der Waals surface area (Å²) in [5, 5.41) is 1.37. The van der Waals surface area contributed by atoms with Crippen LogP contribution >= 0.6 is 11.8 Å². The van der Waals surface area contributed by atoms with Gasteiger partial charge in [-0.3, -0.25) is 0 Å². The van der Waals surface area contributed by atoms with Crippen molar-refractivity contribution in [3.8, 4) is 0 Å². The quantitative estimate of drug-likeness (QED) is 0.220. The molecule has 3 aromatic rings. The van der Waals surface area contributed by atoms with Crippen LogP contribution in [0.2, 0.25) is 0 Å². The van der Waals surface area contributed by atoms with Gasteiger partial charge in [-0.15, -0.1) is 0 Å². The molecule has 0 bridgehead atoms. The second kappa shape index (κ2) is 10.7. The molecule has 2 aliphatic carbocycles. The molecule has 4 heteroatoms. The summed E-state index contributed by atoms with van der Waals surface area (Å²) < 4.78 is 5.53. The van der Waals surface area contributed by atoms with Crippen LogP contribution in [0.4, 0.5) is 5.69 Å². The Morgan fingerprint density at radius 2 is 1.89 bits per heavy atom. The second-order valence-corrected chi connectivity index (χ2v) is 14.8. The summed E-state index contributed by atoms with van der Waals surface area (Å²) in [5.74, 6) is 0. The van der Waals surface area contributed by atoms with Crippen LogP contribution in [0.3, 0.4) is 0 Å². The first kappa shape index (κ1) is 26.0. The van der Waals surface area contributed by atoms with Gasteiger partial charge in [-0.05, 0) is 31.2 Å². The number of allylic oxidation sites excluding steroid dienone is 6. The van der Waals surface area contributed by atoms with Crippen molar-refractivity contribution < 1.29 is 4.57 Å². The van der Waals surface area contributed by atoms with Gasteiger partial charge in [0.1, 0.15) is 0 Å². The Morgan fingerprint density at radius 3 is 2.74 bits per heavy atom. The molecule has 2 heterocycles. The molecule has 0 spiro atoms. The molecule has 0 radical (unpaired) electrons. The maximum atomic E-state index is 2.52. The van der Waals surface area contributed by atoms with Crippen LogP contribution in [-0.2, 0) is 19.4 Å². The van der Waals surface area contributed by atoms with Gasteiger partial charge in [0, 0.05) is 0 Å². The first-order chi connectivity index (χ1) is 18.5. The molecule has 2 aromatic carbocycles. The molecule has 196 valence electrons. The zero-order valence-corrected chi connectivity index (χ0v) is 25.7. The van der Waals surface area contributed by atoms with E-state index in [0.29, 0.717) is 14.5 Å². The van der Waals surface area contributed by atoms with Gasteiger partial charge in [0.25, 0.3) is 0 Å². The summed E-state index contributed by atoms with van der Waals surface area (Å²) in [5.41, 5.74) is 9.21. The van der Waals surface area contributed by atoms with E-state index in [9.17, 15) is 0 Å². The predicted octanol–water partition coefficient (Wildman–Crippen LogP) is 8.24. The number of benzene rings is 2. The Balaban J connectivity index is 1.28. The van der Waals surface area contributed by atoms with E-state index in [1.165, 1.54) is 66.8 Å². The van der Waals surface area contributed by atoms with Crippen molar-refractivity contribution in [2.45, 2.75) is 77.7 Å². The molecule has 3 aliphatic rings. The molecule has 0 amide bonds. The van der Waals surface area contributed by atoms with E-state index >= 15 is 0 Å². The Labute approximate surface area is 238 Å². The predicted molar refractivity (Wildman–Crippen MR) is 165 cm³/mol. The molecule has 1 aliphatic heterocycles. The van der Waals surface area contributed by atoms with Crippen molar-refractivity contribution in [2.75, 3.05) is 11.4 Å². The van der Waals surface area contributed by atoms with E-state index in [4.69, 9.17) is 0 Å². The van der Waals surface area contributed by atoms with Gasteiger partial charge in [-0.2, -0.15) is 0 Å². The average molecular weight is 587 g/mol. The number of fused-ring (bicyclic) bond motifs is 4. The van der Waals surface area contributed by atoms with Crippen LogP contribution in [-0.4, -0.2) is 21.0 Å². The second-order valence-electron chi connectivity index (χ2n) is 11.6. The molecule has 0 atom stereocenters. The van der Waals surface area contributed by atoms with Gasteiger partial charge in [-0.25, -0.2) is 0 Å². The minimum atomic E-state index is 0.274. The molecule has 1 aromatic heterocycles. The first-order valence-electron chi connectivity index (χ1n) is 14.3. The third kappa shape index (κ3) is 5.04. The number of rotatable bonds is 5. The number of aryl methyl sites for hydroxylation is 2. The minimum absolute atomic E-state index is 0.274. The molecule has 0 saturated carbocycles. The van der Waals surface area contributed by atoms with Gasteiger partial charge in [0.2, 0.25) is 0 Å². The Hall–Kier alpha value is -2.26. The van der Waals surface area contributed by atoms with Gasteiger partial charge in [-0.1, -0.05) is 6.07 Å². The molecule has 0 fully saturated rings. The summed E-state index contributed by atoms with van der Waals surface area (Å²) in [7, 11) is 0. The minimum Gasteiger partial charge on any atom is -0.0566 e. The summed E-state index contributed by atoms with van der Waals surface area (Å²) in [6.45, 7) is 11.4. The number of aromatic nitrogens is 1. The number of para-hydroxylation sites is 1. The molecule has 0 N–H and O–H groups in total. The normalized spacial score (nSPS) is 20.9. The van der Waals surface area contributed by atoms with Gasteiger partial charge in [0.15, 0.2) is 0 Å². The third-order valence-corrected chi connectivity index (χ3v) is 11.6. The Kier molecular flexibility index (Phi) is 7.33. The van der Waals surface area contributed by atoms with Crippen molar-refractivity contribution >= 4 is 47.8 Å². The van der Waals surface area contributed by atoms with E-state index < -0.39 is 0 Å². The Morgan fingerprint density at radius 1 is 1.05 bits per heavy atom. The molecule has 38 heavy (non-hydrogen) atoms. The zero-order chi connectivity index (χ0) is 26.3. The molecule has 2 nitrogen and oxygen atoms in total. The summed E-state index contributed by atoms with van der Waals surface area (Å²) >= 11 is 2.37. The summed E-state index contributed by atoms with van der Waals surface area (Å²) in [4.78, 5) is 4.02. The van der Waals surface area contributed by atoms with Crippen molar-refractivity contribution in [3.05, 3.63) is 92.6 Å². The number of anilines is 1.